The van der Waals surface area contributed by atoms with E-state index in [1.165, 1.54) is 36.8 Å². The van der Waals surface area contributed by atoms with Gasteiger partial charge in [0.25, 0.3) is 0 Å². The van der Waals surface area contributed by atoms with Crippen LogP contribution in [0.25, 0.3) is 0 Å². The second-order valence-corrected chi connectivity index (χ2v) is 7.15. The van der Waals surface area contributed by atoms with Gasteiger partial charge in [-0.15, -0.1) is 0 Å². The highest BCUT2D eigenvalue weighted by Gasteiger charge is 2.44. The van der Waals surface area contributed by atoms with Crippen LogP contribution >= 0.6 is 0 Å². The minimum atomic E-state index is 0.456. The molecule has 2 aliphatic rings. The highest BCUT2D eigenvalue weighted by molar-refractivity contribution is 5.27. The first-order valence-electron chi connectivity index (χ1n) is 8.65. The summed E-state index contributed by atoms with van der Waals surface area (Å²) in [7, 11) is 0. The van der Waals surface area contributed by atoms with Crippen LogP contribution in [0.1, 0.15) is 57.2 Å². The molecule has 0 spiro atoms. The van der Waals surface area contributed by atoms with Gasteiger partial charge in [0.15, 0.2) is 0 Å². The summed E-state index contributed by atoms with van der Waals surface area (Å²) in [5.74, 6) is 1.36. The number of hydrogen-bond donors (Lipinski definition) is 1. The molecule has 0 amide bonds. The second-order valence-electron chi connectivity index (χ2n) is 7.15. The van der Waals surface area contributed by atoms with E-state index >= 15 is 0 Å². The van der Waals surface area contributed by atoms with Gasteiger partial charge in [-0.2, -0.15) is 0 Å². The van der Waals surface area contributed by atoms with Crippen LogP contribution in [-0.2, 0) is 11.2 Å². The van der Waals surface area contributed by atoms with Crippen LogP contribution < -0.4 is 5.32 Å². The summed E-state index contributed by atoms with van der Waals surface area (Å²) in [6.45, 7) is 7.81. The van der Waals surface area contributed by atoms with E-state index in [9.17, 15) is 0 Å². The fourth-order valence-corrected chi connectivity index (χ4v) is 4.15. The lowest BCUT2D eigenvalue weighted by Crippen LogP contribution is -2.33. The van der Waals surface area contributed by atoms with Crippen molar-refractivity contribution in [1.29, 1.82) is 0 Å². The highest BCUT2D eigenvalue weighted by atomic mass is 16.5. The van der Waals surface area contributed by atoms with Gasteiger partial charge < -0.3 is 10.1 Å². The summed E-state index contributed by atoms with van der Waals surface area (Å²) in [5, 5.41) is 3.73. The summed E-state index contributed by atoms with van der Waals surface area (Å²) >= 11 is 0. The van der Waals surface area contributed by atoms with Crippen molar-refractivity contribution in [2.45, 2.75) is 64.7 Å². The van der Waals surface area contributed by atoms with Crippen molar-refractivity contribution < 1.29 is 4.74 Å². The Labute approximate surface area is 129 Å². The smallest absolute Gasteiger partial charge is 0.0627 e. The maximum absolute atomic E-state index is 6.09. The molecule has 2 fully saturated rings. The van der Waals surface area contributed by atoms with Crippen LogP contribution in [0.3, 0.4) is 0 Å². The Balaban J connectivity index is 1.80. The summed E-state index contributed by atoms with van der Waals surface area (Å²) in [5.41, 5.74) is 2.92. The first-order valence-corrected chi connectivity index (χ1v) is 8.65. The van der Waals surface area contributed by atoms with Crippen LogP contribution in [0.5, 0.6) is 0 Å². The Morgan fingerprint density at radius 1 is 1.29 bits per heavy atom. The van der Waals surface area contributed by atoms with E-state index in [1.54, 1.807) is 0 Å². The molecule has 0 radical (unpaired) electrons. The van der Waals surface area contributed by atoms with Crippen molar-refractivity contribution >= 4 is 0 Å². The molecule has 3 rings (SSSR count). The molecule has 2 saturated heterocycles. The Hall–Kier alpha value is -0.860. The predicted octanol–water partition coefficient (Wildman–Crippen LogP) is 4.10. The molecule has 2 heterocycles. The molecule has 1 aromatic carbocycles. The van der Waals surface area contributed by atoms with Gasteiger partial charge in [-0.05, 0) is 49.3 Å². The molecular weight excluding hydrogens is 258 g/mol. The zero-order valence-corrected chi connectivity index (χ0v) is 13.6. The Morgan fingerprint density at radius 3 is 2.76 bits per heavy atom. The van der Waals surface area contributed by atoms with Crippen LogP contribution in [0, 0.1) is 11.8 Å². The summed E-state index contributed by atoms with van der Waals surface area (Å²) in [6, 6.07) is 9.66. The monoisotopic (exact) mass is 287 g/mol. The van der Waals surface area contributed by atoms with Crippen LogP contribution in [0.4, 0.5) is 0 Å². The minimum absolute atomic E-state index is 0.456. The lowest BCUT2D eigenvalue weighted by atomic mass is 9.80. The van der Waals surface area contributed by atoms with Gasteiger partial charge in [0, 0.05) is 12.0 Å². The molecule has 4 atom stereocenters. The number of ether oxygens (including phenoxy) is 1. The van der Waals surface area contributed by atoms with E-state index in [0.717, 1.165) is 6.54 Å². The molecule has 0 saturated carbocycles. The largest absolute Gasteiger partial charge is 0.375 e. The van der Waals surface area contributed by atoms with Gasteiger partial charge in [0.05, 0.1) is 12.2 Å². The molecule has 2 bridgehead atoms. The van der Waals surface area contributed by atoms with Gasteiger partial charge in [0.2, 0.25) is 0 Å². The van der Waals surface area contributed by atoms with Crippen molar-refractivity contribution in [3.8, 4) is 0 Å². The fourth-order valence-electron chi connectivity index (χ4n) is 4.15. The van der Waals surface area contributed by atoms with Gasteiger partial charge >= 0.3 is 0 Å². The first kappa shape index (κ1) is 15.1. The molecule has 4 unspecified atom stereocenters. The van der Waals surface area contributed by atoms with E-state index in [1.807, 2.05) is 0 Å². The van der Waals surface area contributed by atoms with Gasteiger partial charge in [-0.25, -0.2) is 0 Å². The minimum Gasteiger partial charge on any atom is -0.375 e. The molecule has 1 aromatic rings. The summed E-state index contributed by atoms with van der Waals surface area (Å²) < 4.78 is 6.09. The molecule has 2 nitrogen and oxygen atoms in total. The van der Waals surface area contributed by atoms with Gasteiger partial charge in [-0.3, -0.25) is 0 Å². The third-order valence-corrected chi connectivity index (χ3v) is 4.96. The molecule has 0 aromatic heterocycles. The molecule has 1 N–H and O–H groups in total. The fraction of sp³-hybridized carbons (Fsp3) is 0.684. The van der Waals surface area contributed by atoms with Crippen molar-refractivity contribution in [3.63, 3.8) is 0 Å². The number of fused-ring (bicyclic) bond motifs is 2. The van der Waals surface area contributed by atoms with E-state index in [2.05, 4.69) is 50.4 Å². The van der Waals surface area contributed by atoms with E-state index in [0.29, 0.717) is 30.1 Å². The van der Waals surface area contributed by atoms with Crippen LogP contribution in [0.2, 0.25) is 0 Å². The summed E-state index contributed by atoms with van der Waals surface area (Å²) in [6.07, 6.45) is 5.93. The van der Waals surface area contributed by atoms with Crippen LogP contribution in [-0.4, -0.2) is 18.8 Å². The zero-order chi connectivity index (χ0) is 14.8. The van der Waals surface area contributed by atoms with Crippen molar-refractivity contribution in [1.82, 2.24) is 5.32 Å². The average molecular weight is 287 g/mol. The average Bonchev–Trinajstić information content (AvgIpc) is 3.07. The van der Waals surface area contributed by atoms with Gasteiger partial charge in [-0.1, -0.05) is 45.0 Å². The van der Waals surface area contributed by atoms with Crippen molar-refractivity contribution in [3.05, 3.63) is 35.4 Å². The highest BCUT2D eigenvalue weighted by Crippen LogP contribution is 2.44. The topological polar surface area (TPSA) is 21.3 Å². The van der Waals surface area contributed by atoms with E-state index < -0.39 is 0 Å². The second kappa shape index (κ2) is 6.50. The lowest BCUT2D eigenvalue weighted by molar-refractivity contribution is 0.0858. The maximum atomic E-state index is 6.09. The SMILES string of the molecule is CCNC(c1cccc(CC(C)C)c1)C1CC2CCC1O2. The molecular formula is C19H29NO. The third-order valence-electron chi connectivity index (χ3n) is 4.96. The Bertz CT molecular complexity index is 470. The van der Waals surface area contributed by atoms with Crippen molar-refractivity contribution in [2.75, 3.05) is 6.54 Å². The predicted molar refractivity (Wildman–Crippen MR) is 87.4 cm³/mol. The maximum Gasteiger partial charge on any atom is 0.0627 e. The molecule has 21 heavy (non-hydrogen) atoms. The Kier molecular flexibility index (Phi) is 4.66. The Morgan fingerprint density at radius 2 is 2.14 bits per heavy atom. The third kappa shape index (κ3) is 3.32. The zero-order valence-electron chi connectivity index (χ0n) is 13.6. The van der Waals surface area contributed by atoms with Crippen molar-refractivity contribution in [2.24, 2.45) is 11.8 Å². The van der Waals surface area contributed by atoms with Gasteiger partial charge in [0.1, 0.15) is 0 Å². The number of hydrogen-bond acceptors (Lipinski definition) is 2. The molecule has 2 heteroatoms. The first-order chi connectivity index (χ1) is 10.2. The number of benzene rings is 1. The quantitative estimate of drug-likeness (QED) is 0.850. The number of nitrogens with one attached hydrogen (secondary N) is 1. The molecule has 0 aliphatic carbocycles. The van der Waals surface area contributed by atoms with Crippen LogP contribution in [0.15, 0.2) is 24.3 Å². The summed E-state index contributed by atoms with van der Waals surface area (Å²) in [4.78, 5) is 0. The molecule has 116 valence electrons. The standard InChI is InChI=1S/C19H29NO/c1-4-20-19(17-12-16-8-9-18(17)21-16)15-7-5-6-14(11-15)10-13(2)3/h5-7,11,13,16-20H,4,8-10,12H2,1-3H3. The van der Waals surface area contributed by atoms with E-state index in [4.69, 9.17) is 4.74 Å². The normalized spacial score (nSPS) is 29.2. The van der Waals surface area contributed by atoms with E-state index in [-0.39, 0.29) is 0 Å². The molecule has 2 aliphatic heterocycles. The lowest BCUT2D eigenvalue weighted by Gasteiger charge is -2.30. The number of rotatable bonds is 6.